The Bertz CT molecular complexity index is 732. The Hall–Kier alpha value is -2.47. The van der Waals surface area contributed by atoms with Crippen LogP contribution >= 0.6 is 11.8 Å². The Morgan fingerprint density at radius 2 is 1.70 bits per heavy atom. The number of thioether (sulfide) groups is 1. The zero-order valence-electron chi connectivity index (χ0n) is 15.8. The Labute approximate surface area is 164 Å². The molecule has 2 aromatic carbocycles. The lowest BCUT2D eigenvalue weighted by molar-refractivity contribution is -0.150. The van der Waals surface area contributed by atoms with Crippen molar-refractivity contribution in [1.82, 2.24) is 5.32 Å². The largest absolute Gasteiger partial charge is 0.484 e. The fraction of sp³-hybridized carbons (Fsp3) is 0.333. The van der Waals surface area contributed by atoms with E-state index in [1.165, 1.54) is 0 Å². The molecule has 0 aliphatic heterocycles. The molecule has 2 rings (SSSR count). The van der Waals surface area contributed by atoms with Crippen LogP contribution in [0.1, 0.15) is 19.4 Å². The van der Waals surface area contributed by atoms with E-state index in [1.54, 1.807) is 23.9 Å². The van der Waals surface area contributed by atoms with Crippen molar-refractivity contribution < 1.29 is 19.1 Å². The van der Waals surface area contributed by atoms with Crippen LogP contribution in [0.5, 0.6) is 5.75 Å². The molecule has 0 spiro atoms. The maximum Gasteiger partial charge on any atom is 0.329 e. The first-order valence-electron chi connectivity index (χ1n) is 8.76. The van der Waals surface area contributed by atoms with Crippen LogP contribution in [0.3, 0.4) is 0 Å². The fourth-order valence-electron chi connectivity index (χ4n) is 2.34. The zero-order valence-corrected chi connectivity index (χ0v) is 16.6. The molecule has 1 atom stereocenters. The van der Waals surface area contributed by atoms with Crippen LogP contribution in [0.25, 0.3) is 0 Å². The van der Waals surface area contributed by atoms with Crippen molar-refractivity contribution in [2.24, 2.45) is 5.92 Å². The highest BCUT2D eigenvalue weighted by atomic mass is 32.2. The van der Waals surface area contributed by atoms with Crippen molar-refractivity contribution in [3.8, 4) is 5.75 Å². The summed E-state index contributed by atoms with van der Waals surface area (Å²) in [6, 6.07) is 16.2. The number of hydrogen-bond donors (Lipinski definition) is 1. The first-order chi connectivity index (χ1) is 13.0. The van der Waals surface area contributed by atoms with Crippen molar-refractivity contribution in [2.75, 3.05) is 12.9 Å². The lowest BCUT2D eigenvalue weighted by Crippen LogP contribution is -2.46. The molecule has 0 saturated heterocycles. The minimum absolute atomic E-state index is 0.1000. The van der Waals surface area contributed by atoms with Crippen molar-refractivity contribution in [1.29, 1.82) is 0 Å². The molecule has 1 amide bonds. The lowest BCUT2D eigenvalue weighted by Gasteiger charge is -2.21. The number of amides is 1. The van der Waals surface area contributed by atoms with Gasteiger partial charge in [0.25, 0.3) is 5.91 Å². The zero-order chi connectivity index (χ0) is 19.6. The highest BCUT2D eigenvalue weighted by Crippen LogP contribution is 2.16. The van der Waals surface area contributed by atoms with Gasteiger partial charge in [0.05, 0.1) is 0 Å². The number of hydrogen-bond acceptors (Lipinski definition) is 5. The molecule has 0 aromatic heterocycles. The summed E-state index contributed by atoms with van der Waals surface area (Å²) in [6.45, 7) is 3.73. The van der Waals surface area contributed by atoms with Crippen molar-refractivity contribution >= 4 is 23.6 Å². The summed E-state index contributed by atoms with van der Waals surface area (Å²) in [7, 11) is 0. The van der Waals surface area contributed by atoms with E-state index in [9.17, 15) is 9.59 Å². The maximum atomic E-state index is 12.4. The summed E-state index contributed by atoms with van der Waals surface area (Å²) in [4.78, 5) is 25.7. The van der Waals surface area contributed by atoms with E-state index in [0.717, 1.165) is 10.5 Å². The Morgan fingerprint density at radius 1 is 1.04 bits per heavy atom. The van der Waals surface area contributed by atoms with Gasteiger partial charge >= 0.3 is 5.97 Å². The first kappa shape index (κ1) is 20.8. The van der Waals surface area contributed by atoms with Crippen molar-refractivity contribution in [3.63, 3.8) is 0 Å². The molecule has 5 nitrogen and oxygen atoms in total. The van der Waals surface area contributed by atoms with Gasteiger partial charge in [-0.15, -0.1) is 11.8 Å². The molecule has 144 valence electrons. The molecule has 1 N–H and O–H groups in total. The minimum atomic E-state index is -0.720. The summed E-state index contributed by atoms with van der Waals surface area (Å²) in [5.41, 5.74) is 0.905. The van der Waals surface area contributed by atoms with Gasteiger partial charge < -0.3 is 14.8 Å². The number of carbonyl (C=O) groups excluding carboxylic acids is 2. The highest BCUT2D eigenvalue weighted by Gasteiger charge is 2.25. The minimum Gasteiger partial charge on any atom is -0.484 e. The standard InChI is InChI=1S/C21H25NO4S/c1-15(2)20(22-19(23)14-25-17-7-5-4-6-8-17)21(24)26-13-16-9-11-18(27-3)12-10-16/h4-12,15,20H,13-14H2,1-3H3,(H,22,23)/t20-/m0/s1. The molecule has 2 aromatic rings. The lowest BCUT2D eigenvalue weighted by atomic mass is 10.0. The van der Waals surface area contributed by atoms with Gasteiger partial charge in [0.2, 0.25) is 0 Å². The van der Waals surface area contributed by atoms with Gasteiger partial charge in [-0.25, -0.2) is 4.79 Å². The van der Waals surface area contributed by atoms with Crippen molar-refractivity contribution in [3.05, 3.63) is 60.2 Å². The van der Waals surface area contributed by atoms with Gasteiger partial charge in [0, 0.05) is 4.90 Å². The van der Waals surface area contributed by atoms with Gasteiger partial charge in [0.1, 0.15) is 18.4 Å². The number of rotatable bonds is 9. The summed E-state index contributed by atoms with van der Waals surface area (Å²) in [5.74, 6) is -0.312. The summed E-state index contributed by atoms with van der Waals surface area (Å²) >= 11 is 1.65. The van der Waals surface area contributed by atoms with Gasteiger partial charge in [-0.05, 0) is 42.0 Å². The average molecular weight is 388 g/mol. The Morgan fingerprint density at radius 3 is 2.30 bits per heavy atom. The van der Waals surface area contributed by atoms with Gasteiger partial charge in [-0.3, -0.25) is 4.79 Å². The van der Waals surface area contributed by atoms with Crippen LogP contribution in [0.2, 0.25) is 0 Å². The molecule has 0 saturated carbocycles. The van der Waals surface area contributed by atoms with E-state index >= 15 is 0 Å². The molecule has 0 unspecified atom stereocenters. The number of benzene rings is 2. The molecule has 0 radical (unpaired) electrons. The van der Waals surface area contributed by atoms with Crippen LogP contribution in [0.15, 0.2) is 59.5 Å². The topological polar surface area (TPSA) is 64.6 Å². The molecular formula is C21H25NO4S. The van der Waals surface area contributed by atoms with Crippen molar-refractivity contribution in [2.45, 2.75) is 31.4 Å². The highest BCUT2D eigenvalue weighted by molar-refractivity contribution is 7.98. The number of ether oxygens (including phenoxy) is 2. The molecule has 0 fully saturated rings. The number of esters is 1. The van der Waals surface area contributed by atoms with E-state index < -0.39 is 12.0 Å². The van der Waals surface area contributed by atoms with E-state index in [0.29, 0.717) is 5.75 Å². The monoisotopic (exact) mass is 387 g/mol. The smallest absolute Gasteiger partial charge is 0.329 e. The maximum absolute atomic E-state index is 12.4. The molecule has 0 bridgehead atoms. The third-order valence-corrected chi connectivity index (χ3v) is 4.63. The Balaban J connectivity index is 1.85. The van der Waals surface area contributed by atoms with Crippen LogP contribution in [0, 0.1) is 5.92 Å². The fourth-order valence-corrected chi connectivity index (χ4v) is 2.75. The van der Waals surface area contributed by atoms with Crippen LogP contribution in [0.4, 0.5) is 0 Å². The van der Waals surface area contributed by atoms with E-state index in [-0.39, 0.29) is 25.0 Å². The Kier molecular flexibility index (Phi) is 8.20. The second-order valence-electron chi connectivity index (χ2n) is 6.35. The predicted octanol–water partition coefficient (Wildman–Crippen LogP) is 3.67. The molecule has 0 aliphatic rings. The summed E-state index contributed by atoms with van der Waals surface area (Å²) in [6.07, 6.45) is 2.01. The van der Waals surface area contributed by atoms with Gasteiger partial charge in [-0.2, -0.15) is 0 Å². The summed E-state index contributed by atoms with van der Waals surface area (Å²) in [5, 5.41) is 2.70. The molecule has 0 aliphatic carbocycles. The molecule has 0 heterocycles. The number of carbonyl (C=O) groups is 2. The molecular weight excluding hydrogens is 362 g/mol. The summed E-state index contributed by atoms with van der Waals surface area (Å²) < 4.78 is 10.8. The van der Waals surface area contributed by atoms with Gasteiger partial charge in [0.15, 0.2) is 6.61 Å². The molecule has 6 heteroatoms. The second kappa shape index (κ2) is 10.6. The number of nitrogens with one attached hydrogen (secondary N) is 1. The van der Waals surface area contributed by atoms with E-state index in [4.69, 9.17) is 9.47 Å². The van der Waals surface area contributed by atoms with Crippen LogP contribution < -0.4 is 10.1 Å². The SMILES string of the molecule is CSc1ccc(COC(=O)[C@@H](NC(=O)COc2ccccc2)C(C)C)cc1. The van der Waals surface area contributed by atoms with Crippen LogP contribution in [-0.2, 0) is 20.9 Å². The molecule has 27 heavy (non-hydrogen) atoms. The third-order valence-electron chi connectivity index (χ3n) is 3.89. The first-order valence-corrected chi connectivity index (χ1v) is 9.99. The third kappa shape index (κ3) is 6.98. The van der Waals surface area contributed by atoms with Gasteiger partial charge in [-0.1, -0.05) is 44.2 Å². The number of para-hydroxylation sites is 1. The van der Waals surface area contributed by atoms with E-state index in [2.05, 4.69) is 5.32 Å². The quantitative estimate of drug-likeness (QED) is 0.525. The predicted molar refractivity (Wildman–Crippen MR) is 107 cm³/mol. The average Bonchev–Trinajstić information content (AvgIpc) is 2.69. The second-order valence-corrected chi connectivity index (χ2v) is 7.23. The normalized spacial score (nSPS) is 11.7. The van der Waals surface area contributed by atoms with E-state index in [1.807, 2.05) is 62.6 Å². The van der Waals surface area contributed by atoms with Crippen LogP contribution in [-0.4, -0.2) is 30.8 Å².